The highest BCUT2D eigenvalue weighted by Gasteiger charge is 2.36. The van der Waals surface area contributed by atoms with Crippen LogP contribution in [-0.2, 0) is 5.41 Å². The van der Waals surface area contributed by atoms with E-state index in [4.69, 9.17) is 13.0 Å². The van der Waals surface area contributed by atoms with Gasteiger partial charge in [0.15, 0.2) is 0 Å². The van der Waals surface area contributed by atoms with Crippen LogP contribution in [0.4, 0.5) is 0 Å². The maximum absolute atomic E-state index is 8.59. The molecule has 0 N–H and O–H groups in total. The van der Waals surface area contributed by atoms with Crippen molar-refractivity contribution in [2.75, 3.05) is 0 Å². The Labute approximate surface area is 256 Å². The standard InChI is InChI=1S/C41H32O/c1-25-17-21-36-38(23-25)42-40-37(41(36,3)4)22-18-26(2)39(40)27-19-20-34-32-15-8-7-13-30(32)28-11-5-6-12-29(28)31-14-9-10-16-33(31)35(34)24-27/h5-24H,1-4H3/i1D3,2D3. The van der Waals surface area contributed by atoms with Crippen LogP contribution in [0.1, 0.15) is 44.3 Å². The highest BCUT2D eigenvalue weighted by molar-refractivity contribution is 6.04. The predicted molar refractivity (Wildman–Crippen MR) is 175 cm³/mol. The summed E-state index contributed by atoms with van der Waals surface area (Å²) in [6.07, 6.45) is 0. The zero-order chi connectivity index (χ0) is 33.6. The van der Waals surface area contributed by atoms with Gasteiger partial charge >= 0.3 is 0 Å². The summed E-state index contributed by atoms with van der Waals surface area (Å²) in [5.74, 6) is 0.862. The first-order valence-electron chi connectivity index (χ1n) is 17.3. The molecular weight excluding hydrogens is 508 g/mol. The molecule has 1 aliphatic heterocycles. The second kappa shape index (κ2) is 9.06. The quantitative estimate of drug-likeness (QED) is 0.199. The SMILES string of the molecule is [2H]C([2H])([2H])c1ccc2c(c1)Oc1c(ccc(C([2H])([2H])[2H])c1-c1ccc3c(c1)-c1ccccc1-c1ccccc1-c1ccccc1-3)C2(C)C. The van der Waals surface area contributed by atoms with E-state index in [0.29, 0.717) is 22.6 Å². The van der Waals surface area contributed by atoms with Crippen molar-refractivity contribution < 1.29 is 13.0 Å². The Hall–Kier alpha value is -4.88. The third-order valence-electron chi connectivity index (χ3n) is 8.95. The second-order valence-electron chi connectivity index (χ2n) is 11.7. The number of hydrogen-bond donors (Lipinski definition) is 0. The van der Waals surface area contributed by atoms with E-state index >= 15 is 0 Å². The molecule has 0 unspecified atom stereocenters. The van der Waals surface area contributed by atoms with Gasteiger partial charge in [0, 0.05) is 30.3 Å². The van der Waals surface area contributed by atoms with Crippen molar-refractivity contribution in [1.82, 2.24) is 0 Å². The van der Waals surface area contributed by atoms with Crippen LogP contribution in [0.2, 0.25) is 0 Å². The summed E-state index contributed by atoms with van der Waals surface area (Å²) in [5.41, 5.74) is 11.3. The van der Waals surface area contributed by atoms with Crippen molar-refractivity contribution >= 4 is 0 Å². The molecule has 0 radical (unpaired) electrons. The van der Waals surface area contributed by atoms with E-state index in [2.05, 4.69) is 80.6 Å². The lowest BCUT2D eigenvalue weighted by Gasteiger charge is -2.36. The monoisotopic (exact) mass is 546 g/mol. The van der Waals surface area contributed by atoms with Crippen LogP contribution in [0, 0.1) is 13.7 Å². The van der Waals surface area contributed by atoms with Crippen LogP contribution in [0.5, 0.6) is 11.5 Å². The van der Waals surface area contributed by atoms with Gasteiger partial charge in [0.1, 0.15) is 11.5 Å². The van der Waals surface area contributed by atoms with Gasteiger partial charge in [-0.15, -0.1) is 0 Å². The van der Waals surface area contributed by atoms with Crippen molar-refractivity contribution in [3.05, 3.63) is 144 Å². The van der Waals surface area contributed by atoms with E-state index in [-0.39, 0.29) is 11.1 Å². The fourth-order valence-electron chi connectivity index (χ4n) is 6.86. The first-order chi connectivity index (χ1) is 22.8. The Bertz CT molecular complexity index is 2270. The first kappa shape index (κ1) is 19.3. The Morgan fingerprint density at radius 1 is 0.524 bits per heavy atom. The van der Waals surface area contributed by atoms with Gasteiger partial charge in [-0.25, -0.2) is 0 Å². The van der Waals surface area contributed by atoms with Crippen molar-refractivity contribution in [1.29, 1.82) is 0 Å². The molecule has 8 rings (SSSR count). The molecule has 0 saturated heterocycles. The van der Waals surface area contributed by atoms with Gasteiger partial charge in [0.2, 0.25) is 0 Å². The molecule has 0 aromatic heterocycles. The lowest BCUT2D eigenvalue weighted by atomic mass is 9.74. The molecule has 0 amide bonds. The fraction of sp³-hybridized carbons (Fsp3) is 0.122. The summed E-state index contributed by atoms with van der Waals surface area (Å²) >= 11 is 0. The van der Waals surface area contributed by atoms with Gasteiger partial charge in [0.05, 0.1) is 0 Å². The maximum atomic E-state index is 8.59. The lowest BCUT2D eigenvalue weighted by Crippen LogP contribution is -2.25. The summed E-state index contributed by atoms with van der Waals surface area (Å²) in [7, 11) is 0. The molecule has 6 aromatic carbocycles. The van der Waals surface area contributed by atoms with Gasteiger partial charge in [-0.2, -0.15) is 0 Å². The smallest absolute Gasteiger partial charge is 0.139 e. The predicted octanol–water partition coefficient (Wildman–Crippen LogP) is 11.4. The Balaban J connectivity index is 1.42. The minimum absolute atomic E-state index is 0.172. The van der Waals surface area contributed by atoms with Crippen LogP contribution in [-0.4, -0.2) is 0 Å². The average Bonchev–Trinajstić information content (AvgIpc) is 3.06. The number of benzene rings is 6. The molecule has 6 aromatic rings. The molecule has 202 valence electrons. The molecule has 42 heavy (non-hydrogen) atoms. The van der Waals surface area contributed by atoms with Crippen molar-refractivity contribution in [2.45, 2.75) is 33.0 Å². The summed E-state index contributed by atoms with van der Waals surface area (Å²) in [5, 5.41) is 0. The number of rotatable bonds is 1. The minimum Gasteiger partial charge on any atom is -0.456 e. The summed E-state index contributed by atoms with van der Waals surface area (Å²) in [6.45, 7) is -0.630. The molecule has 0 bridgehead atoms. The molecule has 1 nitrogen and oxygen atoms in total. The molecule has 2 aliphatic rings. The maximum Gasteiger partial charge on any atom is 0.139 e. The zero-order valence-electron chi connectivity index (χ0n) is 29.5. The Kier molecular flexibility index (Phi) is 4.16. The van der Waals surface area contributed by atoms with E-state index in [0.717, 1.165) is 55.6 Å². The number of hydrogen-bond acceptors (Lipinski definition) is 1. The summed E-state index contributed by atoms with van der Waals surface area (Å²) in [6, 6.07) is 39.9. The third kappa shape index (κ3) is 3.56. The first-order valence-corrected chi connectivity index (χ1v) is 14.3. The molecular formula is C41H32O. The van der Waals surface area contributed by atoms with Gasteiger partial charge in [-0.1, -0.05) is 123 Å². The largest absolute Gasteiger partial charge is 0.456 e. The van der Waals surface area contributed by atoms with E-state index < -0.39 is 19.1 Å². The van der Waals surface area contributed by atoms with E-state index in [9.17, 15) is 0 Å². The summed E-state index contributed by atoms with van der Waals surface area (Å²) in [4.78, 5) is 0. The van der Waals surface area contributed by atoms with Crippen LogP contribution in [0.3, 0.4) is 0 Å². The number of aryl methyl sites for hydroxylation is 2. The number of fused-ring (bicyclic) bond motifs is 10. The molecule has 1 aliphatic carbocycles. The van der Waals surface area contributed by atoms with Gasteiger partial charge in [-0.05, 0) is 87.0 Å². The molecule has 0 atom stereocenters. The summed E-state index contributed by atoms with van der Waals surface area (Å²) < 4.78 is 56.4. The van der Waals surface area contributed by atoms with Crippen molar-refractivity contribution in [3.8, 4) is 67.1 Å². The lowest BCUT2D eigenvalue weighted by molar-refractivity contribution is 0.419. The average molecular weight is 547 g/mol. The van der Waals surface area contributed by atoms with Gasteiger partial charge in [-0.3, -0.25) is 0 Å². The van der Waals surface area contributed by atoms with Crippen LogP contribution < -0.4 is 4.74 Å². The Morgan fingerprint density at radius 3 is 1.64 bits per heavy atom. The molecule has 1 heterocycles. The fourth-order valence-corrected chi connectivity index (χ4v) is 6.86. The zero-order valence-corrected chi connectivity index (χ0v) is 23.5. The Morgan fingerprint density at radius 2 is 1.07 bits per heavy atom. The third-order valence-corrected chi connectivity index (χ3v) is 8.95. The van der Waals surface area contributed by atoms with Crippen LogP contribution in [0.25, 0.3) is 55.6 Å². The molecule has 1 heteroatoms. The van der Waals surface area contributed by atoms with Crippen LogP contribution in [0.15, 0.2) is 121 Å². The van der Waals surface area contributed by atoms with E-state index in [1.54, 1.807) is 18.2 Å². The molecule has 0 spiro atoms. The second-order valence-corrected chi connectivity index (χ2v) is 11.7. The minimum atomic E-state index is -2.44. The van der Waals surface area contributed by atoms with Crippen molar-refractivity contribution in [2.24, 2.45) is 0 Å². The normalized spacial score (nSPS) is 16.3. The molecule has 0 saturated carbocycles. The number of ether oxygens (including phenoxy) is 1. The van der Waals surface area contributed by atoms with E-state index in [1.165, 1.54) is 0 Å². The molecule has 0 fully saturated rings. The van der Waals surface area contributed by atoms with Gasteiger partial charge in [0.25, 0.3) is 0 Å². The topological polar surface area (TPSA) is 9.23 Å². The highest BCUT2D eigenvalue weighted by atomic mass is 16.5. The van der Waals surface area contributed by atoms with Crippen LogP contribution >= 0.6 is 0 Å². The van der Waals surface area contributed by atoms with Crippen molar-refractivity contribution in [3.63, 3.8) is 0 Å². The van der Waals surface area contributed by atoms with E-state index in [1.807, 2.05) is 36.4 Å². The van der Waals surface area contributed by atoms with Gasteiger partial charge < -0.3 is 4.74 Å². The highest BCUT2D eigenvalue weighted by Crippen LogP contribution is 2.54.